The van der Waals surface area contributed by atoms with Crippen molar-refractivity contribution < 1.29 is 9.90 Å². The fourth-order valence-corrected chi connectivity index (χ4v) is 1.52. The van der Waals surface area contributed by atoms with Gasteiger partial charge in [0.15, 0.2) is 0 Å². The number of nitrogen functional groups attached to an aromatic ring is 1. The summed E-state index contributed by atoms with van der Waals surface area (Å²) in [7, 11) is 1.67. The predicted octanol–water partition coefficient (Wildman–Crippen LogP) is 0.202. The molecule has 1 heterocycles. The van der Waals surface area contributed by atoms with Gasteiger partial charge in [0.25, 0.3) is 5.91 Å². The van der Waals surface area contributed by atoms with Crippen LogP contribution in [0, 0.1) is 6.92 Å². The number of aliphatic hydroxyl groups is 1. The molecule has 1 aromatic rings. The Morgan fingerprint density at radius 1 is 1.65 bits per heavy atom. The summed E-state index contributed by atoms with van der Waals surface area (Å²) in [4.78, 5) is 12.1. The summed E-state index contributed by atoms with van der Waals surface area (Å²) < 4.78 is 1.45. The summed E-state index contributed by atoms with van der Waals surface area (Å²) in [5, 5.41) is 16.1. The summed E-state index contributed by atoms with van der Waals surface area (Å²) in [6.07, 6.45) is 0.631. The first-order valence-electron chi connectivity index (χ1n) is 5.57. The average Bonchev–Trinajstić information content (AvgIpc) is 2.53. The maximum Gasteiger partial charge on any atom is 0.272 e. The molecule has 1 amide bonds. The number of carbonyl (C=O) groups is 1. The summed E-state index contributed by atoms with van der Waals surface area (Å²) in [5.41, 5.74) is 6.49. The van der Waals surface area contributed by atoms with Gasteiger partial charge in [0, 0.05) is 7.05 Å². The minimum Gasteiger partial charge on any atom is -0.395 e. The molecule has 0 bridgehead atoms. The maximum atomic E-state index is 12.1. The molecule has 0 fully saturated rings. The Morgan fingerprint density at radius 3 is 2.59 bits per heavy atom. The average molecular weight is 240 g/mol. The smallest absolute Gasteiger partial charge is 0.272 e. The van der Waals surface area contributed by atoms with Crippen molar-refractivity contribution in [1.82, 2.24) is 15.1 Å². The second-order valence-corrected chi connectivity index (χ2v) is 4.50. The van der Waals surface area contributed by atoms with Gasteiger partial charge in [-0.15, -0.1) is 0 Å². The molecule has 1 unspecified atom stereocenters. The van der Waals surface area contributed by atoms with Crippen LogP contribution in [0.5, 0.6) is 0 Å². The van der Waals surface area contributed by atoms with Gasteiger partial charge in [-0.2, -0.15) is 5.10 Å². The molecule has 0 aliphatic heterocycles. The summed E-state index contributed by atoms with van der Waals surface area (Å²) >= 11 is 0. The Bertz CT molecular complexity index is 421. The van der Waals surface area contributed by atoms with E-state index < -0.39 is 5.54 Å². The van der Waals surface area contributed by atoms with E-state index in [4.69, 9.17) is 5.73 Å². The van der Waals surface area contributed by atoms with Gasteiger partial charge in [-0.05, 0) is 20.3 Å². The van der Waals surface area contributed by atoms with Crippen LogP contribution in [0.15, 0.2) is 0 Å². The first-order chi connectivity index (χ1) is 7.84. The lowest BCUT2D eigenvalue weighted by atomic mass is 10.00. The van der Waals surface area contributed by atoms with E-state index in [0.717, 1.165) is 0 Å². The van der Waals surface area contributed by atoms with Crippen molar-refractivity contribution >= 4 is 11.6 Å². The number of aromatic nitrogens is 2. The van der Waals surface area contributed by atoms with Gasteiger partial charge in [-0.1, -0.05) is 6.92 Å². The number of hydrogen-bond acceptors (Lipinski definition) is 4. The first-order valence-corrected chi connectivity index (χ1v) is 5.57. The quantitative estimate of drug-likeness (QED) is 0.701. The highest BCUT2D eigenvalue weighted by Crippen LogP contribution is 2.17. The van der Waals surface area contributed by atoms with Gasteiger partial charge >= 0.3 is 0 Å². The van der Waals surface area contributed by atoms with Crippen molar-refractivity contribution in [1.29, 1.82) is 0 Å². The number of anilines is 1. The van der Waals surface area contributed by atoms with Crippen LogP contribution in [0.2, 0.25) is 0 Å². The van der Waals surface area contributed by atoms with Gasteiger partial charge < -0.3 is 16.2 Å². The van der Waals surface area contributed by atoms with E-state index in [2.05, 4.69) is 10.4 Å². The number of nitrogens with zero attached hydrogens (tertiary/aromatic N) is 2. The molecule has 1 rings (SSSR count). The lowest BCUT2D eigenvalue weighted by Crippen LogP contribution is -2.49. The lowest BCUT2D eigenvalue weighted by molar-refractivity contribution is 0.0839. The third kappa shape index (κ3) is 2.58. The number of nitrogens with two attached hydrogens (primary N) is 1. The van der Waals surface area contributed by atoms with Crippen LogP contribution in [-0.2, 0) is 7.05 Å². The Morgan fingerprint density at radius 2 is 2.24 bits per heavy atom. The van der Waals surface area contributed by atoms with E-state index in [9.17, 15) is 9.90 Å². The molecular weight excluding hydrogens is 220 g/mol. The van der Waals surface area contributed by atoms with E-state index in [0.29, 0.717) is 23.5 Å². The number of rotatable bonds is 4. The normalized spacial score (nSPS) is 14.4. The van der Waals surface area contributed by atoms with Crippen LogP contribution in [0.1, 0.15) is 36.5 Å². The Labute approximate surface area is 101 Å². The third-order valence-corrected chi connectivity index (χ3v) is 3.03. The number of amides is 1. The molecule has 0 radical (unpaired) electrons. The number of nitrogens with one attached hydrogen (secondary N) is 1. The Kier molecular flexibility index (Phi) is 3.77. The van der Waals surface area contributed by atoms with Crippen LogP contribution in [-0.4, -0.2) is 32.9 Å². The van der Waals surface area contributed by atoms with Crippen LogP contribution in [0.4, 0.5) is 5.69 Å². The highest BCUT2D eigenvalue weighted by Gasteiger charge is 2.27. The zero-order chi connectivity index (χ0) is 13.2. The fraction of sp³-hybridized carbons (Fsp3) is 0.636. The van der Waals surface area contributed by atoms with Gasteiger partial charge in [-0.25, -0.2) is 0 Å². The highest BCUT2D eigenvalue weighted by molar-refractivity contribution is 5.98. The Hall–Kier alpha value is -1.56. The van der Waals surface area contributed by atoms with Gasteiger partial charge in [0.2, 0.25) is 0 Å². The van der Waals surface area contributed by atoms with E-state index >= 15 is 0 Å². The molecule has 1 atom stereocenters. The van der Waals surface area contributed by atoms with Crippen LogP contribution in [0.3, 0.4) is 0 Å². The molecule has 6 heteroatoms. The van der Waals surface area contributed by atoms with Crippen molar-refractivity contribution in [3.8, 4) is 0 Å². The van der Waals surface area contributed by atoms with Gasteiger partial charge in [0.1, 0.15) is 5.69 Å². The van der Waals surface area contributed by atoms with Crippen molar-refractivity contribution in [2.24, 2.45) is 7.05 Å². The lowest BCUT2D eigenvalue weighted by Gasteiger charge is -2.27. The number of aliphatic hydroxyl groups excluding tert-OH is 1. The summed E-state index contributed by atoms with van der Waals surface area (Å²) in [6, 6.07) is 0. The van der Waals surface area contributed by atoms with E-state index in [1.54, 1.807) is 20.9 Å². The summed E-state index contributed by atoms with van der Waals surface area (Å²) in [5.74, 6) is -0.316. The second kappa shape index (κ2) is 4.75. The number of hydrogen-bond donors (Lipinski definition) is 3. The fourth-order valence-electron chi connectivity index (χ4n) is 1.52. The second-order valence-electron chi connectivity index (χ2n) is 4.50. The third-order valence-electron chi connectivity index (χ3n) is 3.03. The van der Waals surface area contributed by atoms with E-state index in [1.165, 1.54) is 4.68 Å². The predicted molar refractivity (Wildman–Crippen MR) is 65.6 cm³/mol. The summed E-state index contributed by atoms with van der Waals surface area (Å²) in [6.45, 7) is 5.31. The number of aryl methyl sites for hydroxylation is 2. The minimum absolute atomic E-state index is 0.119. The van der Waals surface area contributed by atoms with Crippen LogP contribution < -0.4 is 11.1 Å². The zero-order valence-corrected chi connectivity index (χ0v) is 10.7. The standard InChI is InChI=1S/C11H20N4O2/c1-5-11(3,6-16)13-10(17)9-8(12)7(2)14-15(9)4/h16H,5-6,12H2,1-4H3,(H,13,17). The van der Waals surface area contributed by atoms with Crippen LogP contribution >= 0.6 is 0 Å². The topological polar surface area (TPSA) is 93.2 Å². The Balaban J connectivity index is 2.98. The highest BCUT2D eigenvalue weighted by atomic mass is 16.3. The van der Waals surface area contributed by atoms with Crippen molar-refractivity contribution in [2.45, 2.75) is 32.7 Å². The SMILES string of the molecule is CCC(C)(CO)NC(=O)c1c(N)c(C)nn1C. The molecule has 0 spiro atoms. The molecule has 0 saturated heterocycles. The van der Waals surface area contributed by atoms with Crippen molar-refractivity contribution in [3.05, 3.63) is 11.4 Å². The van der Waals surface area contributed by atoms with Crippen LogP contribution in [0.25, 0.3) is 0 Å². The largest absolute Gasteiger partial charge is 0.395 e. The molecule has 1 aromatic heterocycles. The van der Waals surface area contributed by atoms with Crippen molar-refractivity contribution in [3.63, 3.8) is 0 Å². The molecule has 0 aliphatic carbocycles. The minimum atomic E-state index is -0.637. The van der Waals surface area contributed by atoms with E-state index in [1.807, 2.05) is 6.92 Å². The molecule has 17 heavy (non-hydrogen) atoms. The van der Waals surface area contributed by atoms with Gasteiger partial charge in [-0.3, -0.25) is 9.48 Å². The molecule has 6 nitrogen and oxygen atoms in total. The van der Waals surface area contributed by atoms with Gasteiger partial charge in [0.05, 0.1) is 23.5 Å². The maximum absolute atomic E-state index is 12.1. The monoisotopic (exact) mass is 240 g/mol. The molecule has 0 saturated carbocycles. The molecular formula is C11H20N4O2. The number of carbonyl (C=O) groups excluding carboxylic acids is 1. The zero-order valence-electron chi connectivity index (χ0n) is 10.7. The molecule has 4 N–H and O–H groups in total. The molecule has 96 valence electrons. The first kappa shape index (κ1) is 13.5. The van der Waals surface area contributed by atoms with E-state index in [-0.39, 0.29) is 12.5 Å². The van der Waals surface area contributed by atoms with Crippen molar-refractivity contribution in [2.75, 3.05) is 12.3 Å². The molecule has 0 aliphatic rings. The molecule has 0 aromatic carbocycles.